The van der Waals surface area contributed by atoms with Crippen LogP contribution in [-0.2, 0) is 13.0 Å². The normalized spacial score (nSPS) is 13.1. The Morgan fingerprint density at radius 1 is 1.23 bits per heavy atom. The zero-order valence-corrected chi connectivity index (χ0v) is 16.9. The molecule has 3 aromatic heterocycles. The summed E-state index contributed by atoms with van der Waals surface area (Å²) in [6.07, 6.45) is 2.02. The van der Waals surface area contributed by atoms with Crippen LogP contribution >= 0.6 is 11.3 Å². The summed E-state index contributed by atoms with van der Waals surface area (Å²) in [6, 6.07) is 10.8. The number of nitrogens with zero attached hydrogens (tertiary/aromatic N) is 3. The van der Waals surface area contributed by atoms with Crippen LogP contribution in [0.5, 0.6) is 0 Å². The summed E-state index contributed by atoms with van der Waals surface area (Å²) in [5.74, 6) is -0.666. The van der Waals surface area contributed by atoms with Crippen molar-refractivity contribution in [1.82, 2.24) is 20.1 Å². The van der Waals surface area contributed by atoms with Gasteiger partial charge >= 0.3 is 0 Å². The Morgan fingerprint density at radius 2 is 2.06 bits per heavy atom. The summed E-state index contributed by atoms with van der Waals surface area (Å²) in [6.45, 7) is 0.902. The molecule has 0 aliphatic carbocycles. The van der Waals surface area contributed by atoms with E-state index in [1.807, 2.05) is 0 Å². The number of nitrogens with one attached hydrogen (secondary N) is 2. The van der Waals surface area contributed by atoms with E-state index in [1.54, 1.807) is 35.2 Å². The lowest BCUT2D eigenvalue weighted by atomic mass is 10.1. The van der Waals surface area contributed by atoms with E-state index in [4.69, 9.17) is 4.42 Å². The van der Waals surface area contributed by atoms with Crippen molar-refractivity contribution < 1.29 is 18.4 Å². The topological polar surface area (TPSA) is 104 Å². The van der Waals surface area contributed by atoms with E-state index in [1.165, 1.54) is 29.7 Å². The number of fused-ring (bicyclic) bond motifs is 1. The summed E-state index contributed by atoms with van der Waals surface area (Å²) in [5.41, 5.74) is 2.53. The molecule has 10 heteroatoms. The Balaban J connectivity index is 1.28. The number of hydrogen-bond acceptors (Lipinski definition) is 6. The molecule has 0 radical (unpaired) electrons. The van der Waals surface area contributed by atoms with E-state index >= 15 is 0 Å². The fourth-order valence-electron chi connectivity index (χ4n) is 3.36. The van der Waals surface area contributed by atoms with Gasteiger partial charge in [0.25, 0.3) is 11.8 Å². The highest BCUT2D eigenvalue weighted by Crippen LogP contribution is 2.29. The molecule has 4 heterocycles. The lowest BCUT2D eigenvalue weighted by Gasteiger charge is -2.25. The Kier molecular flexibility index (Phi) is 4.83. The standard InChI is InChI=1S/C21H16FN5O3S/c22-13-5-3-12(4-6-13)15-10-16(26-25-15)20(29)27-8-7-14-18(11-27)31-21(23-14)24-19(28)17-2-1-9-30-17/h1-6,9-10H,7-8,11H2,(H,25,26)(H,23,24,28). The molecule has 0 atom stereocenters. The van der Waals surface area contributed by atoms with Crippen LogP contribution in [-0.4, -0.2) is 38.4 Å². The Labute approximate surface area is 179 Å². The summed E-state index contributed by atoms with van der Waals surface area (Å²) in [4.78, 5) is 32.2. The number of aromatic nitrogens is 3. The molecule has 31 heavy (non-hydrogen) atoms. The second-order valence-electron chi connectivity index (χ2n) is 6.97. The van der Waals surface area contributed by atoms with Gasteiger partial charge in [0.05, 0.1) is 24.2 Å². The molecule has 8 nitrogen and oxygen atoms in total. The van der Waals surface area contributed by atoms with Gasteiger partial charge < -0.3 is 9.32 Å². The molecule has 1 aromatic carbocycles. The van der Waals surface area contributed by atoms with Crippen molar-refractivity contribution in [1.29, 1.82) is 0 Å². The van der Waals surface area contributed by atoms with Crippen molar-refractivity contribution in [3.63, 3.8) is 0 Å². The summed E-state index contributed by atoms with van der Waals surface area (Å²) >= 11 is 1.34. The number of rotatable bonds is 4. The van der Waals surface area contributed by atoms with Crippen molar-refractivity contribution >= 4 is 28.3 Å². The number of carbonyl (C=O) groups is 2. The van der Waals surface area contributed by atoms with E-state index in [9.17, 15) is 14.0 Å². The van der Waals surface area contributed by atoms with Gasteiger partial charge in [0.15, 0.2) is 10.9 Å². The maximum atomic E-state index is 13.1. The molecular weight excluding hydrogens is 421 g/mol. The summed E-state index contributed by atoms with van der Waals surface area (Å²) in [7, 11) is 0. The quantitative estimate of drug-likeness (QED) is 0.506. The molecular formula is C21H16FN5O3S. The SMILES string of the molecule is O=C(Nc1nc2c(s1)CN(C(=O)c1cc(-c3ccc(F)cc3)n[nH]1)CC2)c1ccco1. The third-order valence-electron chi connectivity index (χ3n) is 4.93. The molecule has 0 spiro atoms. The number of benzene rings is 1. The lowest BCUT2D eigenvalue weighted by molar-refractivity contribution is 0.0730. The Hall–Kier alpha value is -3.79. The number of carbonyl (C=O) groups excluding carboxylic acids is 2. The molecule has 156 valence electrons. The van der Waals surface area contributed by atoms with Crippen LogP contribution in [0.4, 0.5) is 9.52 Å². The number of aromatic amines is 1. The smallest absolute Gasteiger partial charge is 0.293 e. The van der Waals surface area contributed by atoms with E-state index in [0.717, 1.165) is 16.1 Å². The van der Waals surface area contributed by atoms with Crippen LogP contribution in [0.25, 0.3) is 11.3 Å². The fraction of sp³-hybridized carbons (Fsp3) is 0.143. The highest BCUT2D eigenvalue weighted by atomic mass is 32.1. The van der Waals surface area contributed by atoms with E-state index < -0.39 is 0 Å². The Bertz CT molecular complexity index is 1250. The second-order valence-corrected chi connectivity index (χ2v) is 8.05. The number of anilines is 1. The molecule has 0 saturated heterocycles. The van der Waals surface area contributed by atoms with Gasteiger partial charge in [-0.15, -0.1) is 0 Å². The second kappa shape index (κ2) is 7.80. The molecule has 4 aromatic rings. The van der Waals surface area contributed by atoms with Crippen LogP contribution in [0.1, 0.15) is 31.6 Å². The first-order chi connectivity index (χ1) is 15.1. The van der Waals surface area contributed by atoms with Gasteiger partial charge in [-0.1, -0.05) is 11.3 Å². The van der Waals surface area contributed by atoms with E-state index in [2.05, 4.69) is 20.5 Å². The van der Waals surface area contributed by atoms with Crippen molar-refractivity contribution in [3.8, 4) is 11.3 Å². The van der Waals surface area contributed by atoms with Crippen LogP contribution in [0, 0.1) is 5.82 Å². The number of H-pyrrole nitrogens is 1. The minimum atomic E-state index is -0.366. The highest BCUT2D eigenvalue weighted by molar-refractivity contribution is 7.15. The maximum absolute atomic E-state index is 13.1. The van der Waals surface area contributed by atoms with E-state index in [-0.39, 0.29) is 23.4 Å². The number of halogens is 1. The average Bonchev–Trinajstić information content (AvgIpc) is 3.53. The van der Waals surface area contributed by atoms with Crippen LogP contribution in [0.2, 0.25) is 0 Å². The third kappa shape index (κ3) is 3.84. The van der Waals surface area contributed by atoms with Gasteiger partial charge in [0, 0.05) is 23.4 Å². The Morgan fingerprint density at radius 3 is 2.84 bits per heavy atom. The minimum absolute atomic E-state index is 0.180. The zero-order valence-electron chi connectivity index (χ0n) is 16.1. The van der Waals surface area contributed by atoms with Gasteiger partial charge in [0.1, 0.15) is 11.5 Å². The fourth-order valence-corrected chi connectivity index (χ4v) is 4.38. The number of thiazole rings is 1. The molecule has 0 saturated carbocycles. The molecule has 0 unspecified atom stereocenters. The number of furan rings is 1. The minimum Gasteiger partial charge on any atom is -0.459 e. The molecule has 1 aliphatic heterocycles. The molecule has 1 aliphatic rings. The lowest BCUT2D eigenvalue weighted by Crippen LogP contribution is -2.35. The van der Waals surface area contributed by atoms with Crippen molar-refractivity contribution in [2.24, 2.45) is 0 Å². The number of amides is 2. The average molecular weight is 437 g/mol. The van der Waals surface area contributed by atoms with Crippen molar-refractivity contribution in [2.45, 2.75) is 13.0 Å². The monoisotopic (exact) mass is 437 g/mol. The molecule has 0 fully saturated rings. The van der Waals surface area contributed by atoms with Crippen LogP contribution in [0.15, 0.2) is 53.1 Å². The highest BCUT2D eigenvalue weighted by Gasteiger charge is 2.26. The summed E-state index contributed by atoms with van der Waals surface area (Å²) in [5, 5.41) is 10.2. The van der Waals surface area contributed by atoms with Gasteiger partial charge in [-0.3, -0.25) is 20.0 Å². The van der Waals surface area contributed by atoms with Crippen LogP contribution < -0.4 is 5.32 Å². The predicted octanol–water partition coefficient (Wildman–Crippen LogP) is 3.72. The molecule has 0 bridgehead atoms. The molecule has 5 rings (SSSR count). The van der Waals surface area contributed by atoms with Gasteiger partial charge in [-0.05, 0) is 42.5 Å². The largest absolute Gasteiger partial charge is 0.459 e. The first-order valence-electron chi connectivity index (χ1n) is 9.51. The first kappa shape index (κ1) is 19.2. The summed E-state index contributed by atoms with van der Waals surface area (Å²) < 4.78 is 18.2. The van der Waals surface area contributed by atoms with Crippen molar-refractivity contribution in [2.75, 3.05) is 11.9 Å². The third-order valence-corrected chi connectivity index (χ3v) is 5.93. The van der Waals surface area contributed by atoms with Gasteiger partial charge in [-0.25, -0.2) is 9.37 Å². The van der Waals surface area contributed by atoms with E-state index in [0.29, 0.717) is 36.0 Å². The van der Waals surface area contributed by atoms with Gasteiger partial charge in [-0.2, -0.15) is 5.10 Å². The van der Waals surface area contributed by atoms with Gasteiger partial charge in [0.2, 0.25) is 0 Å². The first-order valence-corrected chi connectivity index (χ1v) is 10.3. The van der Waals surface area contributed by atoms with Crippen molar-refractivity contribution in [3.05, 3.63) is 76.6 Å². The molecule has 2 amide bonds. The predicted molar refractivity (Wildman–Crippen MR) is 111 cm³/mol. The molecule has 2 N–H and O–H groups in total. The maximum Gasteiger partial charge on any atom is 0.293 e. The van der Waals surface area contributed by atoms with Crippen LogP contribution in [0.3, 0.4) is 0 Å². The zero-order chi connectivity index (χ0) is 21.4. The number of hydrogen-bond donors (Lipinski definition) is 2.